The number of rotatable bonds is 3. The van der Waals surface area contributed by atoms with E-state index in [1.54, 1.807) is 36.4 Å². The van der Waals surface area contributed by atoms with E-state index in [9.17, 15) is 14.7 Å². The number of likely N-dealkylation sites (tertiary alicyclic amines) is 1. The lowest BCUT2D eigenvalue weighted by atomic mass is 9.83. The summed E-state index contributed by atoms with van der Waals surface area (Å²) in [4.78, 5) is 27.5. The first kappa shape index (κ1) is 20.0. The van der Waals surface area contributed by atoms with Gasteiger partial charge in [-0.1, -0.05) is 74.3 Å². The van der Waals surface area contributed by atoms with Gasteiger partial charge >= 0.3 is 0 Å². The lowest BCUT2D eigenvalue weighted by Crippen LogP contribution is -2.39. The van der Waals surface area contributed by atoms with Crippen LogP contribution in [0.1, 0.15) is 33.9 Å². The van der Waals surface area contributed by atoms with Crippen molar-refractivity contribution < 1.29 is 14.7 Å². The summed E-state index contributed by atoms with van der Waals surface area (Å²) >= 11 is 6.77. The molecule has 1 aliphatic heterocycles. The number of amides is 2. The maximum atomic E-state index is 13.3. The number of imide groups is 1. The Morgan fingerprint density at radius 1 is 0.897 bits per heavy atom. The van der Waals surface area contributed by atoms with E-state index in [0.717, 1.165) is 8.95 Å². The Bertz CT molecular complexity index is 1050. The van der Waals surface area contributed by atoms with Crippen LogP contribution in [-0.4, -0.2) is 21.8 Å². The Morgan fingerprint density at radius 3 is 2.03 bits per heavy atom. The van der Waals surface area contributed by atoms with Gasteiger partial charge in [-0.2, -0.15) is 0 Å². The Hall–Kier alpha value is -2.28. The second kappa shape index (κ2) is 7.86. The van der Waals surface area contributed by atoms with Gasteiger partial charge in [-0.25, -0.2) is 0 Å². The molecule has 0 radical (unpaired) electrons. The average Bonchev–Trinajstić information content (AvgIpc) is 3.00. The predicted molar refractivity (Wildman–Crippen MR) is 117 cm³/mol. The molecular formula is C23H17Br2NO3. The average molecular weight is 515 g/mol. The zero-order valence-electron chi connectivity index (χ0n) is 15.3. The van der Waals surface area contributed by atoms with Crippen LogP contribution in [0.2, 0.25) is 0 Å². The van der Waals surface area contributed by atoms with Crippen LogP contribution in [0.5, 0.6) is 0 Å². The highest BCUT2D eigenvalue weighted by Crippen LogP contribution is 2.48. The van der Waals surface area contributed by atoms with Crippen LogP contribution < -0.4 is 0 Å². The molecule has 1 saturated heterocycles. The van der Waals surface area contributed by atoms with E-state index in [-0.39, 0.29) is 6.42 Å². The highest BCUT2D eigenvalue weighted by Gasteiger charge is 2.54. The summed E-state index contributed by atoms with van der Waals surface area (Å²) in [5.41, 5.74) is 0.168. The number of hydrogen-bond acceptors (Lipinski definition) is 3. The molecule has 1 heterocycles. The van der Waals surface area contributed by atoms with Gasteiger partial charge < -0.3 is 5.11 Å². The summed E-state index contributed by atoms with van der Waals surface area (Å²) in [6.45, 7) is 0. The molecule has 0 aliphatic carbocycles. The zero-order valence-corrected chi connectivity index (χ0v) is 18.4. The molecule has 2 atom stereocenters. The van der Waals surface area contributed by atoms with Gasteiger partial charge in [0.1, 0.15) is 5.60 Å². The maximum absolute atomic E-state index is 13.3. The van der Waals surface area contributed by atoms with Gasteiger partial charge in [-0.05, 0) is 47.5 Å². The van der Waals surface area contributed by atoms with Crippen LogP contribution in [0.4, 0.5) is 0 Å². The quantitative estimate of drug-likeness (QED) is 0.488. The van der Waals surface area contributed by atoms with Gasteiger partial charge in [0.25, 0.3) is 5.91 Å². The number of hydrogen-bond donors (Lipinski definition) is 1. The minimum absolute atomic E-state index is 0.167. The molecule has 4 nitrogen and oxygen atoms in total. The highest BCUT2D eigenvalue weighted by atomic mass is 79.9. The van der Waals surface area contributed by atoms with Crippen molar-refractivity contribution in [1.29, 1.82) is 0 Å². The molecule has 0 saturated carbocycles. The van der Waals surface area contributed by atoms with Crippen molar-refractivity contribution in [3.63, 3.8) is 0 Å². The third-order valence-electron chi connectivity index (χ3n) is 5.17. The van der Waals surface area contributed by atoms with Crippen LogP contribution in [0.15, 0.2) is 87.8 Å². The first-order valence-electron chi connectivity index (χ1n) is 9.05. The molecule has 1 fully saturated rings. The second-order valence-corrected chi connectivity index (χ2v) is 8.83. The SMILES string of the molecule is O=C1C[C@](O)(c2ccccc2)[C@@H](c2ccc(Br)cc2)N1C(=O)c1ccc(Br)cc1. The van der Waals surface area contributed by atoms with Crippen molar-refractivity contribution in [2.45, 2.75) is 18.1 Å². The van der Waals surface area contributed by atoms with Crippen LogP contribution in [0, 0.1) is 0 Å². The van der Waals surface area contributed by atoms with Gasteiger partial charge in [0.05, 0.1) is 12.5 Å². The number of benzene rings is 3. The van der Waals surface area contributed by atoms with Crippen molar-refractivity contribution in [3.8, 4) is 0 Å². The first-order chi connectivity index (χ1) is 13.9. The fourth-order valence-electron chi connectivity index (χ4n) is 3.79. The molecule has 1 N–H and O–H groups in total. The van der Waals surface area contributed by atoms with Gasteiger partial charge in [-0.3, -0.25) is 14.5 Å². The number of aliphatic hydroxyl groups is 1. The summed E-state index contributed by atoms with van der Waals surface area (Å²) in [6, 6.07) is 22.4. The number of carbonyl (C=O) groups is 2. The Labute approximate surface area is 185 Å². The number of carbonyl (C=O) groups excluding carboxylic acids is 2. The molecule has 3 aromatic rings. The molecule has 3 aromatic carbocycles. The van der Waals surface area contributed by atoms with Gasteiger partial charge in [0, 0.05) is 14.5 Å². The summed E-state index contributed by atoms with van der Waals surface area (Å²) in [7, 11) is 0. The maximum Gasteiger partial charge on any atom is 0.261 e. The third kappa shape index (κ3) is 3.68. The third-order valence-corrected chi connectivity index (χ3v) is 6.23. The molecule has 0 bridgehead atoms. The lowest BCUT2D eigenvalue weighted by molar-refractivity contribution is -0.126. The van der Waals surface area contributed by atoms with E-state index in [1.165, 1.54) is 4.90 Å². The van der Waals surface area contributed by atoms with Crippen molar-refractivity contribution in [2.75, 3.05) is 0 Å². The smallest absolute Gasteiger partial charge is 0.261 e. The van der Waals surface area contributed by atoms with Crippen LogP contribution in [0.25, 0.3) is 0 Å². The van der Waals surface area contributed by atoms with Crippen molar-refractivity contribution in [2.24, 2.45) is 0 Å². The van der Waals surface area contributed by atoms with Gasteiger partial charge in [-0.15, -0.1) is 0 Å². The van der Waals surface area contributed by atoms with E-state index in [0.29, 0.717) is 16.7 Å². The molecule has 146 valence electrons. The molecular weight excluding hydrogens is 498 g/mol. The fraction of sp³-hybridized carbons (Fsp3) is 0.130. The monoisotopic (exact) mass is 513 g/mol. The molecule has 0 unspecified atom stereocenters. The summed E-state index contributed by atoms with van der Waals surface area (Å²) < 4.78 is 1.71. The van der Waals surface area contributed by atoms with E-state index in [1.807, 2.05) is 42.5 Å². The van der Waals surface area contributed by atoms with E-state index >= 15 is 0 Å². The van der Waals surface area contributed by atoms with E-state index in [2.05, 4.69) is 31.9 Å². The standard InChI is InChI=1S/C23H17Br2NO3/c24-18-10-6-15(7-11-18)21-23(29,17-4-2-1-3-5-17)14-20(27)26(21)22(28)16-8-12-19(25)13-9-16/h1-13,21,29H,14H2/t21-,23+/m1/s1. The zero-order chi connectivity index (χ0) is 20.6. The fourth-order valence-corrected chi connectivity index (χ4v) is 4.32. The minimum Gasteiger partial charge on any atom is -0.382 e. The lowest BCUT2D eigenvalue weighted by Gasteiger charge is -2.33. The molecule has 0 spiro atoms. The highest BCUT2D eigenvalue weighted by molar-refractivity contribution is 9.10. The summed E-state index contributed by atoms with van der Waals surface area (Å²) in [5, 5.41) is 11.7. The van der Waals surface area contributed by atoms with Crippen molar-refractivity contribution >= 4 is 43.7 Å². The predicted octanol–water partition coefficient (Wildman–Crippen LogP) is 5.21. The Kier molecular flexibility index (Phi) is 5.42. The molecule has 29 heavy (non-hydrogen) atoms. The Balaban J connectivity index is 1.85. The minimum atomic E-state index is -1.52. The largest absolute Gasteiger partial charge is 0.382 e. The normalized spacial score (nSPS) is 21.4. The van der Waals surface area contributed by atoms with E-state index in [4.69, 9.17) is 0 Å². The van der Waals surface area contributed by atoms with Crippen LogP contribution in [-0.2, 0) is 10.4 Å². The molecule has 1 aliphatic rings. The van der Waals surface area contributed by atoms with Crippen LogP contribution >= 0.6 is 31.9 Å². The van der Waals surface area contributed by atoms with Crippen LogP contribution in [0.3, 0.4) is 0 Å². The van der Waals surface area contributed by atoms with Gasteiger partial charge in [0.2, 0.25) is 5.91 Å². The number of halogens is 2. The van der Waals surface area contributed by atoms with Crippen molar-refractivity contribution in [3.05, 3.63) is 104 Å². The summed E-state index contributed by atoms with van der Waals surface area (Å²) in [5.74, 6) is -0.834. The number of nitrogens with zero attached hydrogens (tertiary/aromatic N) is 1. The first-order valence-corrected chi connectivity index (χ1v) is 10.6. The molecule has 4 rings (SSSR count). The molecule has 2 amide bonds. The Morgan fingerprint density at radius 2 is 1.45 bits per heavy atom. The molecule has 0 aromatic heterocycles. The van der Waals surface area contributed by atoms with Gasteiger partial charge in [0.15, 0.2) is 0 Å². The molecule has 6 heteroatoms. The second-order valence-electron chi connectivity index (χ2n) is 7.00. The topological polar surface area (TPSA) is 57.6 Å². The van der Waals surface area contributed by atoms with E-state index < -0.39 is 23.5 Å². The summed E-state index contributed by atoms with van der Waals surface area (Å²) in [6.07, 6.45) is -0.167. The van der Waals surface area contributed by atoms with Crippen molar-refractivity contribution in [1.82, 2.24) is 4.90 Å².